The first-order chi connectivity index (χ1) is 9.36. The van der Waals surface area contributed by atoms with Gasteiger partial charge in [0, 0.05) is 14.1 Å². The zero-order valence-corrected chi connectivity index (χ0v) is 13.9. The van der Waals surface area contributed by atoms with Crippen LogP contribution in [0, 0.1) is 0 Å². The second kappa shape index (κ2) is 7.76. The molecule has 0 saturated heterocycles. The Morgan fingerprint density at radius 1 is 1.35 bits per heavy atom. The molecule has 0 N–H and O–H groups in total. The molecule has 0 aliphatic carbocycles. The Morgan fingerprint density at radius 2 is 2.00 bits per heavy atom. The molecule has 112 valence electrons. The molecule has 1 atom stereocenters. The number of rotatable bonds is 7. The Balaban J connectivity index is 2.80. The smallest absolute Gasteiger partial charge is 0.236 e. The number of carbonyl (C=O) groups is 2. The summed E-state index contributed by atoms with van der Waals surface area (Å²) in [7, 11) is 3.44. The van der Waals surface area contributed by atoms with Crippen molar-refractivity contribution in [3.05, 3.63) is 21.3 Å². The van der Waals surface area contributed by atoms with Crippen LogP contribution < -0.4 is 0 Å². The molecule has 1 amide bonds. The van der Waals surface area contributed by atoms with Gasteiger partial charge in [-0.15, -0.1) is 11.3 Å². The molecule has 1 aromatic heterocycles. The van der Waals surface area contributed by atoms with Crippen molar-refractivity contribution in [2.45, 2.75) is 26.3 Å². The highest BCUT2D eigenvalue weighted by Crippen LogP contribution is 2.23. The number of ketones is 1. The van der Waals surface area contributed by atoms with Crippen LogP contribution >= 0.6 is 22.9 Å². The summed E-state index contributed by atoms with van der Waals surface area (Å²) in [4.78, 5) is 28.4. The Labute approximate surface area is 129 Å². The molecule has 6 heteroatoms. The average molecular weight is 317 g/mol. The molecule has 0 aliphatic heterocycles. The normalized spacial score (nSPS) is 12.5. The van der Waals surface area contributed by atoms with Crippen LogP contribution in [0.3, 0.4) is 0 Å². The second-order valence-corrected chi connectivity index (χ2v) is 6.62. The van der Waals surface area contributed by atoms with E-state index in [1.165, 1.54) is 11.3 Å². The Kier molecular flexibility index (Phi) is 6.65. The van der Waals surface area contributed by atoms with Gasteiger partial charge in [0.05, 0.1) is 21.8 Å². The maximum atomic E-state index is 12.4. The van der Waals surface area contributed by atoms with Crippen LogP contribution in [0.2, 0.25) is 4.34 Å². The summed E-state index contributed by atoms with van der Waals surface area (Å²) >= 11 is 7.15. The van der Waals surface area contributed by atoms with Crippen LogP contribution in [0.15, 0.2) is 12.1 Å². The van der Waals surface area contributed by atoms with Crippen LogP contribution in [0.4, 0.5) is 0 Å². The van der Waals surface area contributed by atoms with Crippen LogP contribution in [-0.2, 0) is 4.79 Å². The summed E-state index contributed by atoms with van der Waals surface area (Å²) in [5.74, 6) is 0.0178. The molecule has 1 unspecified atom stereocenters. The van der Waals surface area contributed by atoms with Crippen LogP contribution in [0.1, 0.15) is 29.9 Å². The van der Waals surface area contributed by atoms with Crippen molar-refractivity contribution in [3.8, 4) is 0 Å². The molecule has 0 aliphatic rings. The predicted molar refractivity (Wildman–Crippen MR) is 83.7 cm³/mol. The fraction of sp³-hybridized carbons (Fsp3) is 0.571. The van der Waals surface area contributed by atoms with E-state index >= 15 is 0 Å². The Morgan fingerprint density at radius 3 is 2.45 bits per heavy atom. The minimum atomic E-state index is -0.325. The molecule has 0 fully saturated rings. The summed E-state index contributed by atoms with van der Waals surface area (Å²) < 4.78 is 0.604. The van der Waals surface area contributed by atoms with Crippen molar-refractivity contribution in [1.82, 2.24) is 9.80 Å². The monoisotopic (exact) mass is 316 g/mol. The number of halogens is 1. The van der Waals surface area contributed by atoms with Gasteiger partial charge in [-0.2, -0.15) is 0 Å². The number of carbonyl (C=O) groups excluding carboxylic acids is 2. The topological polar surface area (TPSA) is 40.6 Å². The highest BCUT2D eigenvalue weighted by Gasteiger charge is 2.25. The molecular formula is C14H21ClN2O2S. The van der Waals surface area contributed by atoms with Crippen molar-refractivity contribution in [2.24, 2.45) is 0 Å². The summed E-state index contributed by atoms with van der Waals surface area (Å²) in [5.41, 5.74) is 0. The predicted octanol–water partition coefficient (Wildman–Crippen LogP) is 2.77. The zero-order chi connectivity index (χ0) is 15.3. The van der Waals surface area contributed by atoms with E-state index < -0.39 is 0 Å². The van der Waals surface area contributed by atoms with Crippen LogP contribution in [0.5, 0.6) is 0 Å². The fourth-order valence-electron chi connectivity index (χ4n) is 1.83. The van der Waals surface area contributed by atoms with Crippen molar-refractivity contribution >= 4 is 34.6 Å². The van der Waals surface area contributed by atoms with Gasteiger partial charge in [-0.25, -0.2) is 0 Å². The van der Waals surface area contributed by atoms with Crippen molar-refractivity contribution < 1.29 is 9.59 Å². The molecule has 1 heterocycles. The average Bonchev–Trinajstić information content (AvgIpc) is 2.82. The van der Waals surface area contributed by atoms with Gasteiger partial charge in [0.2, 0.25) is 5.91 Å². The minimum Gasteiger partial charge on any atom is -0.348 e. The molecule has 1 rings (SSSR count). The minimum absolute atomic E-state index is 0.00214. The van der Waals surface area contributed by atoms with E-state index in [1.54, 1.807) is 31.1 Å². The second-order valence-electron chi connectivity index (χ2n) is 4.90. The number of Topliss-reactive ketones (excluding diaryl/α,β-unsaturated/α-hetero) is 1. The Hall–Kier alpha value is -0.910. The van der Waals surface area contributed by atoms with E-state index in [2.05, 4.69) is 0 Å². The van der Waals surface area contributed by atoms with Gasteiger partial charge in [-0.05, 0) is 32.0 Å². The van der Waals surface area contributed by atoms with Gasteiger partial charge in [0.1, 0.15) is 0 Å². The number of amides is 1. The third kappa shape index (κ3) is 4.58. The molecule has 0 bridgehead atoms. The number of thiophene rings is 1. The molecular weight excluding hydrogens is 296 g/mol. The van der Waals surface area contributed by atoms with Gasteiger partial charge in [-0.1, -0.05) is 18.5 Å². The molecule has 0 aromatic carbocycles. The van der Waals surface area contributed by atoms with E-state index in [9.17, 15) is 9.59 Å². The summed E-state index contributed by atoms with van der Waals surface area (Å²) in [6, 6.07) is 3.14. The summed E-state index contributed by atoms with van der Waals surface area (Å²) in [5, 5.41) is 0. The van der Waals surface area contributed by atoms with Gasteiger partial charge in [0.25, 0.3) is 0 Å². The lowest BCUT2D eigenvalue weighted by Gasteiger charge is -2.27. The number of likely N-dealkylation sites (N-methyl/N-ethyl adjacent to an activating group) is 1. The SMILES string of the molecule is CCCN(CC(=O)N(C)C)C(C)C(=O)c1ccc(Cl)s1. The first-order valence-electron chi connectivity index (χ1n) is 6.60. The molecule has 0 saturated carbocycles. The van der Waals surface area contributed by atoms with Gasteiger partial charge in [-0.3, -0.25) is 14.5 Å². The lowest BCUT2D eigenvalue weighted by Crippen LogP contribution is -2.45. The quantitative estimate of drug-likeness (QED) is 0.726. The van der Waals surface area contributed by atoms with Gasteiger partial charge >= 0.3 is 0 Å². The number of hydrogen-bond donors (Lipinski definition) is 0. The molecule has 0 spiro atoms. The van der Waals surface area contributed by atoms with E-state index in [4.69, 9.17) is 11.6 Å². The lowest BCUT2D eigenvalue weighted by atomic mass is 10.1. The van der Waals surface area contributed by atoms with E-state index in [1.807, 2.05) is 18.7 Å². The first-order valence-corrected chi connectivity index (χ1v) is 7.80. The maximum absolute atomic E-state index is 12.4. The molecule has 1 aromatic rings. The highest BCUT2D eigenvalue weighted by molar-refractivity contribution is 7.18. The van der Waals surface area contributed by atoms with E-state index in [0.29, 0.717) is 15.8 Å². The third-order valence-electron chi connectivity index (χ3n) is 3.09. The van der Waals surface area contributed by atoms with Gasteiger partial charge < -0.3 is 4.90 Å². The zero-order valence-electron chi connectivity index (χ0n) is 12.4. The number of nitrogens with zero attached hydrogens (tertiary/aromatic N) is 2. The number of hydrogen-bond acceptors (Lipinski definition) is 4. The van der Waals surface area contributed by atoms with Crippen molar-refractivity contribution in [1.29, 1.82) is 0 Å². The summed E-state index contributed by atoms with van der Waals surface area (Å²) in [6.45, 7) is 4.85. The van der Waals surface area contributed by atoms with E-state index in [0.717, 1.165) is 6.42 Å². The van der Waals surface area contributed by atoms with Crippen LogP contribution in [-0.4, -0.2) is 54.7 Å². The lowest BCUT2D eigenvalue weighted by molar-refractivity contribution is -0.130. The largest absolute Gasteiger partial charge is 0.348 e. The van der Waals surface area contributed by atoms with Crippen LogP contribution in [0.25, 0.3) is 0 Å². The first kappa shape index (κ1) is 17.1. The standard InChI is InChI=1S/C14H21ClN2O2S/c1-5-8-17(9-13(18)16(3)4)10(2)14(19)11-6-7-12(15)20-11/h6-7,10H,5,8-9H2,1-4H3. The van der Waals surface area contributed by atoms with E-state index in [-0.39, 0.29) is 24.3 Å². The summed E-state index contributed by atoms with van der Waals surface area (Å²) in [6.07, 6.45) is 0.892. The molecule has 0 radical (unpaired) electrons. The van der Waals surface area contributed by atoms with Crippen molar-refractivity contribution in [3.63, 3.8) is 0 Å². The highest BCUT2D eigenvalue weighted by atomic mass is 35.5. The van der Waals surface area contributed by atoms with Gasteiger partial charge in [0.15, 0.2) is 5.78 Å². The molecule has 4 nitrogen and oxygen atoms in total. The third-order valence-corrected chi connectivity index (χ3v) is 4.34. The van der Waals surface area contributed by atoms with Crippen molar-refractivity contribution in [2.75, 3.05) is 27.2 Å². The Bertz CT molecular complexity index is 473. The fourth-order valence-corrected chi connectivity index (χ4v) is 2.90. The molecule has 20 heavy (non-hydrogen) atoms. The maximum Gasteiger partial charge on any atom is 0.236 e.